The van der Waals surface area contributed by atoms with Gasteiger partial charge in [-0.25, -0.2) is 4.39 Å². The zero-order chi connectivity index (χ0) is 12.8. The van der Waals surface area contributed by atoms with Gasteiger partial charge in [-0.3, -0.25) is 4.79 Å². The summed E-state index contributed by atoms with van der Waals surface area (Å²) < 4.78 is 18.5. The smallest absolute Gasteiger partial charge is 0.259 e. The van der Waals surface area contributed by atoms with E-state index in [-0.39, 0.29) is 18.3 Å². The van der Waals surface area contributed by atoms with Crippen molar-refractivity contribution in [2.24, 2.45) is 0 Å². The maximum atomic E-state index is 13.2. The Labute approximate surface area is 100 Å². The zero-order valence-electron chi connectivity index (χ0n) is 10.3. The fourth-order valence-electron chi connectivity index (χ4n) is 1.28. The van der Waals surface area contributed by atoms with Crippen LogP contribution in [0.2, 0.25) is 0 Å². The average Bonchev–Trinajstić information content (AvgIpc) is 2.25. The van der Waals surface area contributed by atoms with Crippen LogP contribution in [0.1, 0.15) is 5.56 Å². The van der Waals surface area contributed by atoms with E-state index in [9.17, 15) is 9.18 Å². The fourth-order valence-corrected chi connectivity index (χ4v) is 1.28. The number of carbonyl (C=O) groups is 1. The van der Waals surface area contributed by atoms with Gasteiger partial charge in [-0.2, -0.15) is 0 Å². The largest absolute Gasteiger partial charge is 0.484 e. The van der Waals surface area contributed by atoms with E-state index in [4.69, 9.17) is 4.74 Å². The Hall–Kier alpha value is -1.62. The van der Waals surface area contributed by atoms with Crippen molar-refractivity contribution in [2.75, 3.05) is 27.7 Å². The van der Waals surface area contributed by atoms with Gasteiger partial charge in [-0.05, 0) is 24.7 Å². The molecule has 0 aliphatic carbocycles. The lowest BCUT2D eigenvalue weighted by Crippen LogP contribution is -2.27. The second kappa shape index (κ2) is 6.20. The Bertz CT molecular complexity index is 394. The van der Waals surface area contributed by atoms with Gasteiger partial charge >= 0.3 is 0 Å². The van der Waals surface area contributed by atoms with Crippen LogP contribution < -0.4 is 10.1 Å². The minimum Gasteiger partial charge on any atom is -0.484 e. The molecule has 0 radical (unpaired) electrons. The van der Waals surface area contributed by atoms with Crippen molar-refractivity contribution in [3.63, 3.8) is 0 Å². The quantitative estimate of drug-likeness (QED) is 0.835. The summed E-state index contributed by atoms with van der Waals surface area (Å²) in [7, 11) is 5.06. The number of benzene rings is 1. The highest BCUT2D eigenvalue weighted by molar-refractivity contribution is 5.77. The Morgan fingerprint density at radius 3 is 2.71 bits per heavy atom. The fraction of sp³-hybridized carbons (Fsp3) is 0.417. The summed E-state index contributed by atoms with van der Waals surface area (Å²) in [5.41, 5.74) is 0.778. The van der Waals surface area contributed by atoms with Gasteiger partial charge < -0.3 is 15.0 Å². The van der Waals surface area contributed by atoms with Crippen LogP contribution in [0.5, 0.6) is 5.75 Å². The third kappa shape index (κ3) is 4.40. The van der Waals surface area contributed by atoms with E-state index in [2.05, 4.69) is 5.32 Å². The summed E-state index contributed by atoms with van der Waals surface area (Å²) >= 11 is 0. The first-order valence-electron chi connectivity index (χ1n) is 5.30. The molecule has 0 aromatic heterocycles. The number of halogens is 1. The van der Waals surface area contributed by atoms with Crippen molar-refractivity contribution >= 4 is 5.91 Å². The van der Waals surface area contributed by atoms with Crippen molar-refractivity contribution in [1.82, 2.24) is 10.2 Å². The summed E-state index contributed by atoms with van der Waals surface area (Å²) in [6, 6.07) is 4.40. The molecule has 1 amide bonds. The first-order valence-corrected chi connectivity index (χ1v) is 5.30. The molecule has 0 bridgehead atoms. The zero-order valence-corrected chi connectivity index (χ0v) is 10.3. The van der Waals surface area contributed by atoms with E-state index in [0.29, 0.717) is 12.3 Å². The predicted molar refractivity (Wildman–Crippen MR) is 63.4 cm³/mol. The Morgan fingerprint density at radius 2 is 2.12 bits per heavy atom. The molecule has 94 valence electrons. The van der Waals surface area contributed by atoms with Crippen LogP contribution in [0, 0.1) is 5.82 Å². The van der Waals surface area contributed by atoms with Crippen molar-refractivity contribution in [3.05, 3.63) is 29.6 Å². The topological polar surface area (TPSA) is 41.6 Å². The number of ether oxygens (including phenoxy) is 1. The number of nitrogens with one attached hydrogen (secondary N) is 1. The summed E-state index contributed by atoms with van der Waals surface area (Å²) in [5, 5.41) is 2.92. The number of amides is 1. The molecule has 0 aliphatic rings. The molecule has 1 aromatic carbocycles. The molecular formula is C12H17FN2O2. The van der Waals surface area contributed by atoms with Crippen LogP contribution in [0.25, 0.3) is 0 Å². The van der Waals surface area contributed by atoms with Gasteiger partial charge in [-0.1, -0.05) is 0 Å². The van der Waals surface area contributed by atoms with Gasteiger partial charge in [0.15, 0.2) is 6.61 Å². The Balaban J connectivity index is 2.67. The lowest BCUT2D eigenvalue weighted by molar-refractivity contribution is -0.130. The number of nitrogens with zero attached hydrogens (tertiary/aromatic N) is 1. The second-order valence-corrected chi connectivity index (χ2v) is 3.90. The number of rotatable bonds is 5. The summed E-state index contributed by atoms with van der Waals surface area (Å²) in [5.74, 6) is -0.167. The highest BCUT2D eigenvalue weighted by Gasteiger charge is 2.06. The average molecular weight is 240 g/mol. The molecule has 17 heavy (non-hydrogen) atoms. The lowest BCUT2D eigenvalue weighted by Gasteiger charge is -2.12. The van der Waals surface area contributed by atoms with E-state index < -0.39 is 0 Å². The first kappa shape index (κ1) is 13.4. The molecule has 0 spiro atoms. The van der Waals surface area contributed by atoms with E-state index >= 15 is 0 Å². The molecule has 1 aromatic rings. The number of likely N-dealkylation sites (N-methyl/N-ethyl adjacent to an activating group) is 1. The molecule has 0 saturated heterocycles. The predicted octanol–water partition coefficient (Wildman–Crippen LogP) is 1.01. The maximum Gasteiger partial charge on any atom is 0.259 e. The molecule has 0 unspecified atom stereocenters. The van der Waals surface area contributed by atoms with Crippen LogP contribution in [0.15, 0.2) is 18.2 Å². The molecule has 1 rings (SSSR count). The highest BCUT2D eigenvalue weighted by Crippen LogP contribution is 2.16. The van der Waals surface area contributed by atoms with Gasteiger partial charge in [0.05, 0.1) is 0 Å². The molecule has 5 heteroatoms. The van der Waals surface area contributed by atoms with E-state index in [1.54, 1.807) is 27.2 Å². The Morgan fingerprint density at radius 1 is 1.41 bits per heavy atom. The summed E-state index contributed by atoms with van der Waals surface area (Å²) in [6.45, 7) is 0.463. The molecule has 0 fully saturated rings. The van der Waals surface area contributed by atoms with Crippen molar-refractivity contribution in [3.8, 4) is 5.75 Å². The van der Waals surface area contributed by atoms with Gasteiger partial charge in [0.1, 0.15) is 11.6 Å². The molecular weight excluding hydrogens is 223 g/mol. The lowest BCUT2D eigenvalue weighted by atomic mass is 10.2. The number of hydrogen-bond acceptors (Lipinski definition) is 3. The van der Waals surface area contributed by atoms with Gasteiger partial charge in [0.25, 0.3) is 5.91 Å². The maximum absolute atomic E-state index is 13.2. The third-order valence-electron chi connectivity index (χ3n) is 2.17. The number of hydrogen-bond donors (Lipinski definition) is 1. The molecule has 0 heterocycles. The first-order chi connectivity index (χ1) is 8.02. The molecule has 0 aliphatic heterocycles. The van der Waals surface area contributed by atoms with E-state index in [0.717, 1.165) is 5.56 Å². The van der Waals surface area contributed by atoms with Gasteiger partial charge in [-0.15, -0.1) is 0 Å². The standard InChI is InChI=1S/C12H17FN2O2/c1-14-7-9-4-10(13)6-11(5-9)17-8-12(16)15(2)3/h4-6,14H,7-8H2,1-3H3. The van der Waals surface area contributed by atoms with Crippen molar-refractivity contribution in [2.45, 2.75) is 6.54 Å². The monoisotopic (exact) mass is 240 g/mol. The normalized spacial score (nSPS) is 10.1. The molecule has 0 atom stereocenters. The molecule has 1 N–H and O–H groups in total. The van der Waals surface area contributed by atoms with Crippen LogP contribution in [0.4, 0.5) is 4.39 Å². The van der Waals surface area contributed by atoms with Crippen LogP contribution >= 0.6 is 0 Å². The molecule has 0 saturated carbocycles. The van der Waals surface area contributed by atoms with Crippen LogP contribution in [0.3, 0.4) is 0 Å². The minimum absolute atomic E-state index is 0.0879. The van der Waals surface area contributed by atoms with Gasteiger partial charge in [0, 0.05) is 26.7 Å². The van der Waals surface area contributed by atoms with E-state index in [1.165, 1.54) is 17.0 Å². The van der Waals surface area contributed by atoms with Gasteiger partial charge in [0.2, 0.25) is 0 Å². The molecule has 4 nitrogen and oxygen atoms in total. The third-order valence-corrected chi connectivity index (χ3v) is 2.17. The Kier molecular flexibility index (Phi) is 4.90. The van der Waals surface area contributed by atoms with Crippen LogP contribution in [-0.4, -0.2) is 38.6 Å². The summed E-state index contributed by atoms with van der Waals surface area (Å²) in [4.78, 5) is 12.7. The van der Waals surface area contributed by atoms with Crippen molar-refractivity contribution < 1.29 is 13.9 Å². The summed E-state index contributed by atoms with van der Waals surface area (Å²) in [6.07, 6.45) is 0. The second-order valence-electron chi connectivity index (χ2n) is 3.90. The minimum atomic E-state index is -0.370. The van der Waals surface area contributed by atoms with Crippen molar-refractivity contribution in [1.29, 1.82) is 0 Å². The highest BCUT2D eigenvalue weighted by atomic mass is 19.1. The van der Waals surface area contributed by atoms with Crippen LogP contribution in [-0.2, 0) is 11.3 Å². The van der Waals surface area contributed by atoms with E-state index in [1.807, 2.05) is 0 Å². The number of carbonyl (C=O) groups excluding carboxylic acids is 1. The SMILES string of the molecule is CNCc1cc(F)cc(OCC(=O)N(C)C)c1.